The molecule has 0 aliphatic carbocycles. The first-order chi connectivity index (χ1) is 7.74. The Labute approximate surface area is 97.4 Å². The second-order valence-corrected chi connectivity index (χ2v) is 3.52. The lowest BCUT2D eigenvalue weighted by Gasteiger charge is -2.20. The molecule has 5 heteroatoms. The summed E-state index contributed by atoms with van der Waals surface area (Å²) >= 11 is 0. The van der Waals surface area contributed by atoms with Crippen molar-refractivity contribution in [2.75, 3.05) is 40.4 Å². The maximum atomic E-state index is 11.0. The fraction of sp³-hybridized carbons (Fsp3) is 0.818. The number of carbonyl (C=O) groups excluding carboxylic acids is 1. The molecule has 0 aromatic rings. The van der Waals surface area contributed by atoms with Crippen LogP contribution in [0.5, 0.6) is 0 Å². The van der Waals surface area contributed by atoms with Crippen LogP contribution in [0.25, 0.3) is 0 Å². The predicted molar refractivity (Wildman–Crippen MR) is 61.8 cm³/mol. The first kappa shape index (κ1) is 14.9. The zero-order valence-corrected chi connectivity index (χ0v) is 10.2. The Morgan fingerprint density at radius 3 is 2.75 bits per heavy atom. The quantitative estimate of drug-likeness (QED) is 0.618. The molecule has 0 bridgehead atoms. The molecule has 0 aliphatic heterocycles. The van der Waals surface area contributed by atoms with E-state index >= 15 is 0 Å². The molecular formula is C11H21N3O2. The van der Waals surface area contributed by atoms with E-state index in [0.29, 0.717) is 19.4 Å². The van der Waals surface area contributed by atoms with Gasteiger partial charge in [0.1, 0.15) is 0 Å². The summed E-state index contributed by atoms with van der Waals surface area (Å²) in [6, 6.07) is 2.12. The molecular weight excluding hydrogens is 206 g/mol. The van der Waals surface area contributed by atoms with Crippen molar-refractivity contribution >= 4 is 5.91 Å². The van der Waals surface area contributed by atoms with Crippen molar-refractivity contribution in [1.29, 1.82) is 5.26 Å². The van der Waals surface area contributed by atoms with Crippen LogP contribution < -0.4 is 5.32 Å². The summed E-state index contributed by atoms with van der Waals surface area (Å²) in [6.45, 7) is 3.05. The Balaban J connectivity index is 3.73. The number of methoxy groups -OCH3 is 1. The normalized spacial score (nSPS) is 10.1. The van der Waals surface area contributed by atoms with Crippen LogP contribution in [0.2, 0.25) is 0 Å². The zero-order chi connectivity index (χ0) is 12.2. The van der Waals surface area contributed by atoms with E-state index in [-0.39, 0.29) is 5.91 Å². The predicted octanol–water partition coefficient (Wildman–Crippen LogP) is 0.375. The van der Waals surface area contributed by atoms with Crippen molar-refractivity contribution in [3.05, 3.63) is 0 Å². The third-order valence-corrected chi connectivity index (χ3v) is 2.31. The summed E-state index contributed by atoms with van der Waals surface area (Å²) in [5.74, 6) is 0.0620. The zero-order valence-electron chi connectivity index (χ0n) is 10.2. The smallest absolute Gasteiger partial charge is 0.219 e. The number of nitrogens with zero attached hydrogens (tertiary/aromatic N) is 2. The van der Waals surface area contributed by atoms with Crippen LogP contribution in [0.4, 0.5) is 0 Å². The molecule has 0 spiro atoms. The summed E-state index contributed by atoms with van der Waals surface area (Å²) in [5.41, 5.74) is 0. The number of nitriles is 1. The van der Waals surface area contributed by atoms with Crippen molar-refractivity contribution in [2.24, 2.45) is 0 Å². The Hall–Kier alpha value is -1.12. The SMILES string of the molecule is CNC(=O)CCCN(CCC#N)CCOC. The Morgan fingerprint density at radius 2 is 2.19 bits per heavy atom. The van der Waals surface area contributed by atoms with Crippen molar-refractivity contribution in [3.63, 3.8) is 0 Å². The highest BCUT2D eigenvalue weighted by atomic mass is 16.5. The first-order valence-electron chi connectivity index (χ1n) is 5.53. The number of carbonyl (C=O) groups is 1. The van der Waals surface area contributed by atoms with Crippen molar-refractivity contribution < 1.29 is 9.53 Å². The van der Waals surface area contributed by atoms with Crippen molar-refractivity contribution in [3.8, 4) is 6.07 Å². The van der Waals surface area contributed by atoms with E-state index in [2.05, 4.69) is 16.3 Å². The summed E-state index contributed by atoms with van der Waals surface area (Å²) in [5, 5.41) is 11.1. The number of rotatable bonds is 9. The second-order valence-electron chi connectivity index (χ2n) is 3.52. The van der Waals surface area contributed by atoms with Gasteiger partial charge in [-0.3, -0.25) is 4.79 Å². The molecule has 0 aromatic heterocycles. The summed E-state index contributed by atoms with van der Waals surface area (Å²) < 4.78 is 5.00. The molecule has 0 aliphatic rings. The summed E-state index contributed by atoms with van der Waals surface area (Å²) in [4.78, 5) is 13.2. The number of hydrogen-bond acceptors (Lipinski definition) is 4. The van der Waals surface area contributed by atoms with Gasteiger partial charge in [-0.1, -0.05) is 0 Å². The van der Waals surface area contributed by atoms with Crippen LogP contribution in [0.1, 0.15) is 19.3 Å². The molecule has 1 N–H and O–H groups in total. The van der Waals surface area contributed by atoms with Gasteiger partial charge in [-0.2, -0.15) is 5.26 Å². The van der Waals surface area contributed by atoms with Crippen LogP contribution in [-0.2, 0) is 9.53 Å². The average molecular weight is 227 g/mol. The first-order valence-corrected chi connectivity index (χ1v) is 5.53. The van der Waals surface area contributed by atoms with Crippen LogP contribution in [0.3, 0.4) is 0 Å². The van der Waals surface area contributed by atoms with E-state index in [1.165, 1.54) is 0 Å². The Morgan fingerprint density at radius 1 is 1.44 bits per heavy atom. The molecule has 0 saturated carbocycles. The Kier molecular flexibility index (Phi) is 9.67. The lowest BCUT2D eigenvalue weighted by Crippen LogP contribution is -2.30. The molecule has 5 nitrogen and oxygen atoms in total. The van der Waals surface area contributed by atoms with Gasteiger partial charge >= 0.3 is 0 Å². The fourth-order valence-electron chi connectivity index (χ4n) is 1.35. The lowest BCUT2D eigenvalue weighted by molar-refractivity contribution is -0.120. The minimum absolute atomic E-state index is 0.0620. The highest BCUT2D eigenvalue weighted by Crippen LogP contribution is 1.97. The van der Waals surface area contributed by atoms with E-state index in [1.807, 2.05) is 0 Å². The summed E-state index contributed by atoms with van der Waals surface area (Å²) in [7, 11) is 3.30. The van der Waals surface area contributed by atoms with Gasteiger partial charge in [-0.25, -0.2) is 0 Å². The molecule has 92 valence electrons. The van der Waals surface area contributed by atoms with Crippen molar-refractivity contribution in [1.82, 2.24) is 10.2 Å². The lowest BCUT2D eigenvalue weighted by atomic mass is 10.2. The molecule has 0 atom stereocenters. The standard InChI is InChI=1S/C11H21N3O2/c1-13-11(15)5-3-7-14(8-4-6-12)9-10-16-2/h3-5,7-10H2,1-2H3,(H,13,15). The van der Waals surface area contributed by atoms with E-state index in [0.717, 1.165) is 26.1 Å². The van der Waals surface area contributed by atoms with Gasteiger partial charge in [0.2, 0.25) is 5.91 Å². The highest BCUT2D eigenvalue weighted by Gasteiger charge is 2.05. The van der Waals surface area contributed by atoms with Gasteiger partial charge in [0.05, 0.1) is 12.7 Å². The largest absolute Gasteiger partial charge is 0.383 e. The molecule has 1 amide bonds. The van der Waals surface area contributed by atoms with Crippen LogP contribution in [0.15, 0.2) is 0 Å². The molecule has 0 saturated heterocycles. The minimum atomic E-state index is 0.0620. The second kappa shape index (κ2) is 10.4. The van der Waals surface area contributed by atoms with Gasteiger partial charge in [0, 0.05) is 40.1 Å². The van der Waals surface area contributed by atoms with Gasteiger partial charge < -0.3 is 15.0 Å². The molecule has 0 heterocycles. The average Bonchev–Trinajstić information content (AvgIpc) is 2.31. The molecule has 0 rings (SSSR count). The number of amides is 1. The maximum absolute atomic E-state index is 11.0. The van der Waals surface area contributed by atoms with Crippen molar-refractivity contribution in [2.45, 2.75) is 19.3 Å². The third-order valence-electron chi connectivity index (χ3n) is 2.31. The number of nitrogens with one attached hydrogen (secondary N) is 1. The molecule has 16 heavy (non-hydrogen) atoms. The van der Waals surface area contributed by atoms with E-state index in [1.54, 1.807) is 14.2 Å². The highest BCUT2D eigenvalue weighted by molar-refractivity contribution is 5.75. The van der Waals surface area contributed by atoms with E-state index in [9.17, 15) is 4.79 Å². The number of hydrogen-bond donors (Lipinski definition) is 1. The van der Waals surface area contributed by atoms with Crippen LogP contribution in [-0.4, -0.2) is 51.2 Å². The molecule has 0 unspecified atom stereocenters. The molecule has 0 aromatic carbocycles. The van der Waals surface area contributed by atoms with Crippen LogP contribution in [0, 0.1) is 11.3 Å². The third kappa shape index (κ3) is 8.21. The van der Waals surface area contributed by atoms with E-state index < -0.39 is 0 Å². The minimum Gasteiger partial charge on any atom is -0.383 e. The van der Waals surface area contributed by atoms with Gasteiger partial charge in [0.25, 0.3) is 0 Å². The topological polar surface area (TPSA) is 65.4 Å². The summed E-state index contributed by atoms with van der Waals surface area (Å²) in [6.07, 6.45) is 1.87. The Bertz CT molecular complexity index is 226. The maximum Gasteiger partial charge on any atom is 0.219 e. The molecule has 0 radical (unpaired) electrons. The number of ether oxygens (including phenoxy) is 1. The van der Waals surface area contributed by atoms with Crippen LogP contribution >= 0.6 is 0 Å². The van der Waals surface area contributed by atoms with Gasteiger partial charge in [-0.15, -0.1) is 0 Å². The molecule has 0 fully saturated rings. The monoisotopic (exact) mass is 227 g/mol. The van der Waals surface area contributed by atoms with Gasteiger partial charge in [-0.05, 0) is 13.0 Å². The van der Waals surface area contributed by atoms with Gasteiger partial charge in [0.15, 0.2) is 0 Å². The van der Waals surface area contributed by atoms with E-state index in [4.69, 9.17) is 10.00 Å². The fourth-order valence-corrected chi connectivity index (χ4v) is 1.35.